The molecule has 0 amide bonds. The molecule has 0 saturated carbocycles. The number of nitro groups is 1. The monoisotopic (exact) mass is 274 g/mol. The third kappa shape index (κ3) is 3.04. The summed E-state index contributed by atoms with van der Waals surface area (Å²) in [6.07, 6.45) is 0.471. The van der Waals surface area contributed by atoms with E-state index < -0.39 is 4.92 Å². The summed E-state index contributed by atoms with van der Waals surface area (Å²) in [5.74, 6) is 1.01. The van der Waals surface area contributed by atoms with Crippen LogP contribution < -0.4 is 10.5 Å². The Morgan fingerprint density at radius 3 is 2.65 bits per heavy atom. The molecular weight excluding hydrogens is 260 g/mol. The third-order valence-electron chi connectivity index (χ3n) is 2.78. The third-order valence-corrected chi connectivity index (χ3v) is 2.78. The largest absolute Gasteiger partial charge is 0.457 e. The van der Waals surface area contributed by atoms with Crippen molar-refractivity contribution in [2.24, 2.45) is 0 Å². The van der Waals surface area contributed by atoms with Crippen LogP contribution in [0.4, 0.5) is 11.4 Å². The molecule has 3 N–H and O–H groups in total. The topological polar surface area (TPSA) is 98.6 Å². The van der Waals surface area contributed by atoms with Crippen molar-refractivity contribution in [3.8, 4) is 11.5 Å². The summed E-state index contributed by atoms with van der Waals surface area (Å²) in [7, 11) is 0. The van der Waals surface area contributed by atoms with E-state index in [4.69, 9.17) is 15.6 Å². The maximum absolute atomic E-state index is 10.7. The molecule has 0 aliphatic heterocycles. The van der Waals surface area contributed by atoms with Gasteiger partial charge in [0.2, 0.25) is 0 Å². The fraction of sp³-hybridized carbons (Fsp3) is 0.143. The van der Waals surface area contributed by atoms with Gasteiger partial charge in [-0.1, -0.05) is 18.2 Å². The second-order valence-corrected chi connectivity index (χ2v) is 4.16. The molecule has 6 nitrogen and oxygen atoms in total. The average Bonchev–Trinajstić information content (AvgIpc) is 2.41. The van der Waals surface area contributed by atoms with Crippen LogP contribution in [0.3, 0.4) is 0 Å². The molecular formula is C14H14N2O4. The Bertz CT molecular complexity index is 628. The number of anilines is 1. The normalized spacial score (nSPS) is 10.2. The second kappa shape index (κ2) is 6.03. The van der Waals surface area contributed by atoms with Crippen molar-refractivity contribution < 1.29 is 14.8 Å². The van der Waals surface area contributed by atoms with Crippen LogP contribution in [-0.2, 0) is 6.42 Å². The van der Waals surface area contributed by atoms with Crippen LogP contribution in [0.15, 0.2) is 42.5 Å². The predicted octanol–water partition coefficient (Wildman–Crippen LogP) is 2.50. The van der Waals surface area contributed by atoms with E-state index in [2.05, 4.69) is 0 Å². The first kappa shape index (κ1) is 13.8. The van der Waals surface area contributed by atoms with Gasteiger partial charge in [0.15, 0.2) is 0 Å². The number of nitrogen functional groups attached to an aromatic ring is 1. The number of aliphatic hydroxyl groups excluding tert-OH is 1. The Morgan fingerprint density at radius 1 is 1.25 bits per heavy atom. The van der Waals surface area contributed by atoms with E-state index in [9.17, 15) is 10.1 Å². The van der Waals surface area contributed by atoms with E-state index in [-0.39, 0.29) is 18.0 Å². The van der Waals surface area contributed by atoms with Crippen molar-refractivity contribution in [3.63, 3.8) is 0 Å². The smallest absolute Gasteiger partial charge is 0.292 e. The maximum Gasteiger partial charge on any atom is 0.292 e. The number of hydrogen-bond acceptors (Lipinski definition) is 5. The number of ether oxygens (including phenoxy) is 1. The fourth-order valence-corrected chi connectivity index (χ4v) is 1.82. The Kier molecular flexibility index (Phi) is 4.17. The highest BCUT2D eigenvalue weighted by atomic mass is 16.6. The van der Waals surface area contributed by atoms with Crippen molar-refractivity contribution in [3.05, 3.63) is 58.1 Å². The zero-order valence-corrected chi connectivity index (χ0v) is 10.7. The molecule has 0 aliphatic rings. The highest BCUT2D eigenvalue weighted by Gasteiger charge is 2.12. The van der Waals surface area contributed by atoms with Gasteiger partial charge in [0, 0.05) is 18.7 Å². The number of aliphatic hydroxyl groups is 1. The van der Waals surface area contributed by atoms with E-state index in [0.717, 1.165) is 5.56 Å². The molecule has 104 valence electrons. The molecule has 0 unspecified atom stereocenters. The molecule has 20 heavy (non-hydrogen) atoms. The van der Waals surface area contributed by atoms with Crippen LogP contribution in [-0.4, -0.2) is 16.6 Å². The molecule has 0 bridgehead atoms. The lowest BCUT2D eigenvalue weighted by Gasteiger charge is -2.10. The Labute approximate surface area is 115 Å². The molecule has 0 aliphatic carbocycles. The Hall–Kier alpha value is -2.60. The van der Waals surface area contributed by atoms with Gasteiger partial charge in [-0.3, -0.25) is 10.1 Å². The predicted molar refractivity (Wildman–Crippen MR) is 74.8 cm³/mol. The number of nitrogens with two attached hydrogens (primary N) is 1. The minimum absolute atomic E-state index is 0.0166. The lowest BCUT2D eigenvalue weighted by molar-refractivity contribution is -0.383. The SMILES string of the molecule is Nc1cc(Oc2ccccc2CCO)ccc1[N+](=O)[O-]. The van der Waals surface area contributed by atoms with Gasteiger partial charge >= 0.3 is 0 Å². The molecule has 2 rings (SSSR count). The van der Waals surface area contributed by atoms with E-state index >= 15 is 0 Å². The lowest BCUT2D eigenvalue weighted by atomic mass is 10.1. The average molecular weight is 274 g/mol. The van der Waals surface area contributed by atoms with Gasteiger partial charge in [-0.2, -0.15) is 0 Å². The van der Waals surface area contributed by atoms with Crippen molar-refractivity contribution in [1.82, 2.24) is 0 Å². The summed E-state index contributed by atoms with van der Waals surface area (Å²) >= 11 is 0. The molecule has 0 fully saturated rings. The zero-order valence-electron chi connectivity index (χ0n) is 10.7. The minimum atomic E-state index is -0.543. The number of benzene rings is 2. The van der Waals surface area contributed by atoms with Gasteiger partial charge in [0.05, 0.1) is 4.92 Å². The van der Waals surface area contributed by atoms with Crippen LogP contribution >= 0.6 is 0 Å². The molecule has 0 aromatic heterocycles. The molecule has 2 aromatic carbocycles. The van der Waals surface area contributed by atoms with E-state index in [1.165, 1.54) is 18.2 Å². The quantitative estimate of drug-likeness (QED) is 0.496. The summed E-state index contributed by atoms with van der Waals surface area (Å²) in [5.41, 5.74) is 6.36. The second-order valence-electron chi connectivity index (χ2n) is 4.16. The number of rotatable bonds is 5. The molecule has 0 atom stereocenters. The molecule has 0 heterocycles. The van der Waals surface area contributed by atoms with Crippen LogP contribution in [0.2, 0.25) is 0 Å². The van der Waals surface area contributed by atoms with Crippen molar-refractivity contribution >= 4 is 11.4 Å². The van der Waals surface area contributed by atoms with E-state index in [1.807, 2.05) is 18.2 Å². The van der Waals surface area contributed by atoms with E-state index in [1.54, 1.807) is 6.07 Å². The highest BCUT2D eigenvalue weighted by molar-refractivity contribution is 5.61. The van der Waals surface area contributed by atoms with Crippen LogP contribution in [0.25, 0.3) is 0 Å². The van der Waals surface area contributed by atoms with Gasteiger partial charge in [-0.15, -0.1) is 0 Å². The number of hydrogen-bond donors (Lipinski definition) is 2. The first-order valence-corrected chi connectivity index (χ1v) is 6.02. The van der Waals surface area contributed by atoms with Crippen LogP contribution in [0.5, 0.6) is 11.5 Å². The number of para-hydroxylation sites is 1. The first-order chi connectivity index (χ1) is 9.61. The molecule has 0 saturated heterocycles. The molecule has 0 radical (unpaired) electrons. The van der Waals surface area contributed by atoms with Gasteiger partial charge in [0.1, 0.15) is 17.2 Å². The minimum Gasteiger partial charge on any atom is -0.457 e. The summed E-state index contributed by atoms with van der Waals surface area (Å²) < 4.78 is 5.66. The van der Waals surface area contributed by atoms with Crippen molar-refractivity contribution in [2.45, 2.75) is 6.42 Å². The van der Waals surface area contributed by atoms with Gasteiger partial charge in [0.25, 0.3) is 5.69 Å². The Morgan fingerprint density at radius 2 is 2.00 bits per heavy atom. The molecule has 2 aromatic rings. The van der Waals surface area contributed by atoms with Crippen LogP contribution in [0, 0.1) is 10.1 Å². The molecule has 6 heteroatoms. The Balaban J connectivity index is 2.26. The summed E-state index contributed by atoms with van der Waals surface area (Å²) in [4.78, 5) is 10.1. The zero-order chi connectivity index (χ0) is 14.5. The summed E-state index contributed by atoms with van der Waals surface area (Å²) in [5, 5.41) is 19.7. The maximum atomic E-state index is 10.7. The van der Waals surface area contributed by atoms with Crippen molar-refractivity contribution in [1.29, 1.82) is 0 Å². The lowest BCUT2D eigenvalue weighted by Crippen LogP contribution is -1.98. The fourth-order valence-electron chi connectivity index (χ4n) is 1.82. The van der Waals surface area contributed by atoms with E-state index in [0.29, 0.717) is 17.9 Å². The van der Waals surface area contributed by atoms with Crippen LogP contribution in [0.1, 0.15) is 5.56 Å². The standard InChI is InChI=1S/C14H14N2O4/c15-12-9-11(5-6-13(12)16(18)19)20-14-4-2-1-3-10(14)7-8-17/h1-6,9,17H,7-8,15H2. The first-order valence-electron chi connectivity index (χ1n) is 6.02. The van der Waals surface area contributed by atoms with Crippen molar-refractivity contribution in [2.75, 3.05) is 12.3 Å². The highest BCUT2D eigenvalue weighted by Crippen LogP contribution is 2.30. The summed E-state index contributed by atoms with van der Waals surface area (Å²) in [6.45, 7) is 0.0166. The van der Waals surface area contributed by atoms with Gasteiger partial charge in [-0.05, 0) is 24.1 Å². The number of nitrogens with zero attached hydrogens (tertiary/aromatic N) is 1. The van der Waals surface area contributed by atoms with Gasteiger partial charge < -0.3 is 15.6 Å². The summed E-state index contributed by atoms with van der Waals surface area (Å²) in [6, 6.07) is 11.5. The molecule has 0 spiro atoms. The van der Waals surface area contributed by atoms with Gasteiger partial charge in [-0.25, -0.2) is 0 Å². The number of nitro benzene ring substituents is 1.